The summed E-state index contributed by atoms with van der Waals surface area (Å²) < 4.78 is 5.05. The summed E-state index contributed by atoms with van der Waals surface area (Å²) in [5.74, 6) is 0.614. The zero-order valence-electron chi connectivity index (χ0n) is 9.97. The van der Waals surface area contributed by atoms with Gasteiger partial charge in [-0.3, -0.25) is 4.79 Å². The number of carbonyl (C=O) groups is 1. The third-order valence-corrected chi connectivity index (χ3v) is 3.15. The average molecular weight is 261 g/mol. The predicted octanol–water partition coefficient (Wildman–Crippen LogP) is 3.86. The summed E-state index contributed by atoms with van der Waals surface area (Å²) in [5.41, 5.74) is 1.39. The van der Waals surface area contributed by atoms with Gasteiger partial charge in [-0.2, -0.15) is 0 Å². The number of alkyl halides is 1. The van der Waals surface area contributed by atoms with Crippen molar-refractivity contribution in [2.45, 2.75) is 5.38 Å². The number of carbonyl (C=O) groups excluding carboxylic acids is 1. The Hall–Kier alpha value is -1.80. The van der Waals surface area contributed by atoms with E-state index in [1.807, 2.05) is 30.3 Å². The molecule has 18 heavy (non-hydrogen) atoms. The van der Waals surface area contributed by atoms with E-state index >= 15 is 0 Å². The molecule has 0 spiro atoms. The first kappa shape index (κ1) is 12.7. The summed E-state index contributed by atoms with van der Waals surface area (Å²) in [6, 6.07) is 16.3. The monoisotopic (exact) mass is 260 g/mol. The van der Waals surface area contributed by atoms with E-state index in [9.17, 15) is 4.79 Å². The second-order valence-electron chi connectivity index (χ2n) is 3.87. The minimum absolute atomic E-state index is 0.106. The lowest BCUT2D eigenvalue weighted by molar-refractivity contribution is 0.0987. The average Bonchev–Trinajstić information content (AvgIpc) is 2.47. The van der Waals surface area contributed by atoms with Crippen molar-refractivity contribution in [3.63, 3.8) is 0 Å². The van der Waals surface area contributed by atoms with Gasteiger partial charge in [-0.25, -0.2) is 0 Å². The first-order chi connectivity index (χ1) is 8.72. The Morgan fingerprint density at radius 3 is 2.22 bits per heavy atom. The largest absolute Gasteiger partial charge is 0.497 e. The molecule has 0 aliphatic carbocycles. The van der Waals surface area contributed by atoms with Gasteiger partial charge >= 0.3 is 0 Å². The van der Waals surface area contributed by atoms with E-state index in [0.717, 1.165) is 11.3 Å². The van der Waals surface area contributed by atoms with Crippen molar-refractivity contribution in [1.29, 1.82) is 0 Å². The SMILES string of the molecule is COc1ccc(C(=O)C(Cl)c2ccccc2)cc1. The number of ether oxygens (including phenoxy) is 1. The molecule has 0 saturated heterocycles. The van der Waals surface area contributed by atoms with Crippen LogP contribution in [0.3, 0.4) is 0 Å². The Kier molecular flexibility index (Phi) is 4.00. The highest BCUT2D eigenvalue weighted by Gasteiger charge is 2.18. The number of Topliss-reactive ketones (excluding diaryl/α,β-unsaturated/α-hetero) is 1. The molecule has 0 aromatic heterocycles. The van der Waals surface area contributed by atoms with Gasteiger partial charge in [0.25, 0.3) is 0 Å². The number of methoxy groups -OCH3 is 1. The van der Waals surface area contributed by atoms with E-state index in [2.05, 4.69) is 0 Å². The summed E-state index contributed by atoms with van der Waals surface area (Å²) in [4.78, 5) is 12.2. The number of hydrogen-bond donors (Lipinski definition) is 0. The number of benzene rings is 2. The fourth-order valence-corrected chi connectivity index (χ4v) is 1.95. The fraction of sp³-hybridized carbons (Fsp3) is 0.133. The predicted molar refractivity (Wildman–Crippen MR) is 72.4 cm³/mol. The molecular formula is C15H13ClO2. The molecule has 0 N–H and O–H groups in total. The Morgan fingerprint density at radius 2 is 1.67 bits per heavy atom. The van der Waals surface area contributed by atoms with Crippen LogP contribution in [0.1, 0.15) is 21.3 Å². The quantitative estimate of drug-likeness (QED) is 0.616. The number of ketones is 1. The van der Waals surface area contributed by atoms with Crippen LogP contribution in [0.5, 0.6) is 5.75 Å². The van der Waals surface area contributed by atoms with E-state index in [1.165, 1.54) is 0 Å². The van der Waals surface area contributed by atoms with Crippen LogP contribution in [0.2, 0.25) is 0 Å². The molecule has 1 atom stereocenters. The maximum Gasteiger partial charge on any atom is 0.185 e. The van der Waals surface area contributed by atoms with E-state index in [1.54, 1.807) is 31.4 Å². The maximum absolute atomic E-state index is 12.2. The van der Waals surface area contributed by atoms with Gasteiger partial charge in [0.2, 0.25) is 0 Å². The van der Waals surface area contributed by atoms with Gasteiger partial charge in [0, 0.05) is 5.56 Å². The maximum atomic E-state index is 12.2. The van der Waals surface area contributed by atoms with Gasteiger partial charge in [-0.1, -0.05) is 30.3 Å². The van der Waals surface area contributed by atoms with Crippen LogP contribution in [-0.2, 0) is 0 Å². The highest BCUT2D eigenvalue weighted by Crippen LogP contribution is 2.25. The Labute approximate surface area is 111 Å². The smallest absolute Gasteiger partial charge is 0.185 e. The first-order valence-corrected chi connectivity index (χ1v) is 6.03. The summed E-state index contributed by atoms with van der Waals surface area (Å²) in [6.45, 7) is 0. The van der Waals surface area contributed by atoms with Gasteiger partial charge < -0.3 is 4.74 Å². The molecule has 2 aromatic rings. The molecular weight excluding hydrogens is 248 g/mol. The molecule has 2 aromatic carbocycles. The number of hydrogen-bond acceptors (Lipinski definition) is 2. The highest BCUT2D eigenvalue weighted by molar-refractivity contribution is 6.33. The normalized spacial score (nSPS) is 11.9. The third kappa shape index (κ3) is 2.71. The molecule has 0 radical (unpaired) electrons. The van der Waals surface area contributed by atoms with Gasteiger partial charge in [0.15, 0.2) is 5.78 Å². The molecule has 3 heteroatoms. The molecule has 2 rings (SSSR count). The Balaban J connectivity index is 2.20. The standard InChI is InChI=1S/C15H13ClO2/c1-18-13-9-7-12(8-10-13)15(17)14(16)11-5-3-2-4-6-11/h2-10,14H,1H3. The van der Waals surface area contributed by atoms with E-state index in [4.69, 9.17) is 16.3 Å². The van der Waals surface area contributed by atoms with Crippen molar-refractivity contribution in [3.8, 4) is 5.75 Å². The summed E-state index contributed by atoms with van der Waals surface area (Å²) in [6.07, 6.45) is 0. The lowest BCUT2D eigenvalue weighted by Crippen LogP contribution is -2.07. The topological polar surface area (TPSA) is 26.3 Å². The number of rotatable bonds is 4. The second kappa shape index (κ2) is 5.69. The summed E-state index contributed by atoms with van der Waals surface area (Å²) >= 11 is 6.18. The van der Waals surface area contributed by atoms with Crippen LogP contribution in [0.25, 0.3) is 0 Å². The van der Waals surface area contributed by atoms with Crippen LogP contribution in [0.4, 0.5) is 0 Å². The van der Waals surface area contributed by atoms with Crippen LogP contribution < -0.4 is 4.74 Å². The molecule has 0 heterocycles. The van der Waals surface area contributed by atoms with Gasteiger partial charge in [0.05, 0.1) is 7.11 Å². The zero-order chi connectivity index (χ0) is 13.0. The molecule has 0 aliphatic rings. The zero-order valence-corrected chi connectivity index (χ0v) is 10.7. The first-order valence-electron chi connectivity index (χ1n) is 5.59. The lowest BCUT2D eigenvalue weighted by atomic mass is 10.0. The highest BCUT2D eigenvalue weighted by atomic mass is 35.5. The van der Waals surface area contributed by atoms with Gasteiger partial charge in [0.1, 0.15) is 11.1 Å². The van der Waals surface area contributed by atoms with Crippen molar-refractivity contribution < 1.29 is 9.53 Å². The van der Waals surface area contributed by atoms with Crippen LogP contribution in [-0.4, -0.2) is 12.9 Å². The lowest BCUT2D eigenvalue weighted by Gasteiger charge is -2.09. The van der Waals surface area contributed by atoms with Crippen molar-refractivity contribution in [1.82, 2.24) is 0 Å². The molecule has 0 aliphatic heterocycles. The fourth-order valence-electron chi connectivity index (χ4n) is 1.67. The molecule has 92 valence electrons. The van der Waals surface area contributed by atoms with E-state index in [-0.39, 0.29) is 5.78 Å². The minimum Gasteiger partial charge on any atom is -0.497 e. The summed E-state index contributed by atoms with van der Waals surface area (Å²) in [7, 11) is 1.59. The molecule has 2 nitrogen and oxygen atoms in total. The van der Waals surface area contributed by atoms with E-state index < -0.39 is 5.38 Å². The molecule has 0 bridgehead atoms. The molecule has 1 unspecified atom stereocenters. The van der Waals surface area contributed by atoms with Crippen LogP contribution >= 0.6 is 11.6 Å². The Bertz CT molecular complexity index is 520. The number of halogens is 1. The minimum atomic E-state index is -0.653. The van der Waals surface area contributed by atoms with Gasteiger partial charge in [-0.15, -0.1) is 11.6 Å². The molecule has 0 amide bonds. The van der Waals surface area contributed by atoms with E-state index in [0.29, 0.717) is 5.56 Å². The van der Waals surface area contributed by atoms with Crippen molar-refractivity contribution in [2.75, 3.05) is 7.11 Å². The second-order valence-corrected chi connectivity index (χ2v) is 4.30. The van der Waals surface area contributed by atoms with Crippen LogP contribution in [0, 0.1) is 0 Å². The van der Waals surface area contributed by atoms with Gasteiger partial charge in [-0.05, 0) is 29.8 Å². The molecule has 0 saturated carbocycles. The molecule has 0 fully saturated rings. The Morgan fingerprint density at radius 1 is 1.06 bits per heavy atom. The van der Waals surface area contributed by atoms with Crippen molar-refractivity contribution >= 4 is 17.4 Å². The summed E-state index contributed by atoms with van der Waals surface area (Å²) in [5, 5.41) is -0.653. The third-order valence-electron chi connectivity index (χ3n) is 2.70. The van der Waals surface area contributed by atoms with Crippen molar-refractivity contribution in [2.24, 2.45) is 0 Å². The van der Waals surface area contributed by atoms with Crippen molar-refractivity contribution in [3.05, 3.63) is 65.7 Å². The van der Waals surface area contributed by atoms with Crippen LogP contribution in [0.15, 0.2) is 54.6 Å².